The van der Waals surface area contributed by atoms with E-state index in [0.717, 1.165) is 49.1 Å². The summed E-state index contributed by atoms with van der Waals surface area (Å²) < 4.78 is 1.85. The van der Waals surface area contributed by atoms with Crippen LogP contribution < -0.4 is 11.1 Å². The van der Waals surface area contributed by atoms with Crippen molar-refractivity contribution in [3.63, 3.8) is 0 Å². The zero-order valence-corrected chi connectivity index (χ0v) is 12.4. The smallest absolute Gasteiger partial charge is 0.162 e. The zero-order valence-electron chi connectivity index (χ0n) is 11.6. The number of nitrogens with one attached hydrogen (secondary N) is 1. The first-order valence-electron chi connectivity index (χ1n) is 7.22. The SMILES string of the molecule is CCc1cnn2c(N[C@H]3CC[C@@H](N)CC3)cc(Cl)nc12. The maximum atomic E-state index is 6.14. The molecule has 6 heteroatoms. The highest BCUT2D eigenvalue weighted by molar-refractivity contribution is 6.29. The first-order valence-corrected chi connectivity index (χ1v) is 7.60. The third-order valence-electron chi connectivity index (χ3n) is 4.02. The van der Waals surface area contributed by atoms with Crippen molar-refractivity contribution in [1.29, 1.82) is 0 Å². The lowest BCUT2D eigenvalue weighted by Gasteiger charge is -2.27. The molecule has 1 aliphatic carbocycles. The fraction of sp³-hybridized carbons (Fsp3) is 0.571. The van der Waals surface area contributed by atoms with E-state index in [1.165, 1.54) is 0 Å². The van der Waals surface area contributed by atoms with Crippen molar-refractivity contribution in [2.75, 3.05) is 5.32 Å². The summed E-state index contributed by atoms with van der Waals surface area (Å²) in [5, 5.41) is 8.46. The monoisotopic (exact) mass is 293 g/mol. The Balaban J connectivity index is 1.89. The van der Waals surface area contributed by atoms with Crippen LogP contribution >= 0.6 is 11.6 Å². The van der Waals surface area contributed by atoms with E-state index in [9.17, 15) is 0 Å². The molecular weight excluding hydrogens is 274 g/mol. The third kappa shape index (κ3) is 2.60. The van der Waals surface area contributed by atoms with Crippen LogP contribution in [0.3, 0.4) is 0 Å². The molecule has 0 bridgehead atoms. The quantitative estimate of drug-likeness (QED) is 0.854. The summed E-state index contributed by atoms with van der Waals surface area (Å²) in [5.41, 5.74) is 7.90. The van der Waals surface area contributed by atoms with Crippen LogP contribution in [-0.4, -0.2) is 26.7 Å². The van der Waals surface area contributed by atoms with Gasteiger partial charge < -0.3 is 11.1 Å². The third-order valence-corrected chi connectivity index (χ3v) is 4.21. The molecule has 0 unspecified atom stereocenters. The van der Waals surface area contributed by atoms with E-state index < -0.39 is 0 Å². The lowest BCUT2D eigenvalue weighted by atomic mass is 9.92. The second kappa shape index (κ2) is 5.58. The molecule has 2 aromatic heterocycles. The van der Waals surface area contributed by atoms with Crippen molar-refractivity contribution >= 4 is 23.1 Å². The first kappa shape index (κ1) is 13.6. The Morgan fingerprint density at radius 3 is 2.85 bits per heavy atom. The fourth-order valence-electron chi connectivity index (χ4n) is 2.80. The van der Waals surface area contributed by atoms with Crippen molar-refractivity contribution in [3.8, 4) is 0 Å². The fourth-order valence-corrected chi connectivity index (χ4v) is 2.99. The Bertz CT molecular complexity index is 601. The van der Waals surface area contributed by atoms with Crippen LogP contribution in [0.15, 0.2) is 12.3 Å². The molecule has 5 nitrogen and oxygen atoms in total. The predicted molar refractivity (Wildman–Crippen MR) is 81.2 cm³/mol. The summed E-state index contributed by atoms with van der Waals surface area (Å²) in [6, 6.07) is 2.63. The van der Waals surface area contributed by atoms with Gasteiger partial charge in [-0.25, -0.2) is 4.98 Å². The van der Waals surface area contributed by atoms with E-state index in [2.05, 4.69) is 22.3 Å². The van der Waals surface area contributed by atoms with Crippen LogP contribution in [0.4, 0.5) is 5.82 Å². The van der Waals surface area contributed by atoms with Gasteiger partial charge >= 0.3 is 0 Å². The highest BCUT2D eigenvalue weighted by Crippen LogP contribution is 2.24. The molecule has 3 rings (SSSR count). The van der Waals surface area contributed by atoms with E-state index in [0.29, 0.717) is 17.2 Å². The molecule has 0 amide bonds. The molecule has 1 fully saturated rings. The van der Waals surface area contributed by atoms with Crippen molar-refractivity contribution in [2.45, 2.75) is 51.1 Å². The van der Waals surface area contributed by atoms with Gasteiger partial charge in [0, 0.05) is 23.7 Å². The van der Waals surface area contributed by atoms with Crippen LogP contribution in [0.5, 0.6) is 0 Å². The maximum Gasteiger partial charge on any atom is 0.162 e. The van der Waals surface area contributed by atoms with Crippen LogP contribution in [0.25, 0.3) is 5.65 Å². The molecule has 0 spiro atoms. The Morgan fingerprint density at radius 2 is 2.15 bits per heavy atom. The molecule has 108 valence electrons. The number of aryl methyl sites for hydroxylation is 1. The standard InChI is InChI=1S/C14H20ClN5/c1-2-9-8-17-20-13(7-12(15)19-14(9)20)18-11-5-3-10(16)4-6-11/h7-8,10-11,18H,2-6,16H2,1H3/t10-,11+. The maximum absolute atomic E-state index is 6.14. The van der Waals surface area contributed by atoms with E-state index >= 15 is 0 Å². The number of aromatic nitrogens is 3. The average molecular weight is 294 g/mol. The van der Waals surface area contributed by atoms with E-state index in [4.69, 9.17) is 17.3 Å². The van der Waals surface area contributed by atoms with Crippen molar-refractivity contribution in [1.82, 2.24) is 14.6 Å². The first-order chi connectivity index (χ1) is 9.67. The number of halogens is 1. The second-order valence-electron chi connectivity index (χ2n) is 5.48. The summed E-state index contributed by atoms with van der Waals surface area (Å²) >= 11 is 6.14. The lowest BCUT2D eigenvalue weighted by molar-refractivity contribution is 0.410. The molecule has 0 atom stereocenters. The van der Waals surface area contributed by atoms with Gasteiger partial charge in [0.25, 0.3) is 0 Å². The summed E-state index contributed by atoms with van der Waals surface area (Å²) in [4.78, 5) is 4.38. The Labute approximate surface area is 123 Å². The minimum atomic E-state index is 0.352. The van der Waals surface area contributed by atoms with Crippen LogP contribution in [0.1, 0.15) is 38.2 Å². The normalized spacial score (nSPS) is 23.1. The molecule has 0 radical (unpaired) electrons. The summed E-state index contributed by atoms with van der Waals surface area (Å²) in [7, 11) is 0. The number of rotatable bonds is 3. The number of nitrogens with zero attached hydrogens (tertiary/aromatic N) is 3. The number of hydrogen-bond acceptors (Lipinski definition) is 4. The molecule has 0 aliphatic heterocycles. The summed E-state index contributed by atoms with van der Waals surface area (Å²) in [6.07, 6.45) is 7.07. The second-order valence-corrected chi connectivity index (χ2v) is 5.87. The van der Waals surface area contributed by atoms with E-state index in [1.54, 1.807) is 0 Å². The van der Waals surface area contributed by atoms with E-state index in [1.807, 2.05) is 16.8 Å². The van der Waals surface area contributed by atoms with Crippen LogP contribution in [-0.2, 0) is 6.42 Å². The van der Waals surface area contributed by atoms with Crippen molar-refractivity contribution in [2.24, 2.45) is 5.73 Å². The number of anilines is 1. The molecule has 3 N–H and O–H groups in total. The minimum Gasteiger partial charge on any atom is -0.367 e. The molecule has 2 aromatic rings. The number of nitrogens with two attached hydrogens (primary N) is 1. The van der Waals surface area contributed by atoms with E-state index in [-0.39, 0.29) is 0 Å². The molecule has 1 saturated carbocycles. The highest BCUT2D eigenvalue weighted by atomic mass is 35.5. The highest BCUT2D eigenvalue weighted by Gasteiger charge is 2.20. The van der Waals surface area contributed by atoms with Crippen LogP contribution in [0.2, 0.25) is 5.15 Å². The summed E-state index contributed by atoms with van der Waals surface area (Å²) in [6.45, 7) is 2.09. The van der Waals surface area contributed by atoms with Gasteiger partial charge in [-0.3, -0.25) is 0 Å². The van der Waals surface area contributed by atoms with Gasteiger partial charge in [0.2, 0.25) is 0 Å². The minimum absolute atomic E-state index is 0.352. The lowest BCUT2D eigenvalue weighted by Crippen LogP contribution is -2.33. The molecule has 1 aliphatic rings. The average Bonchev–Trinajstić information content (AvgIpc) is 2.84. The van der Waals surface area contributed by atoms with Gasteiger partial charge in [0.1, 0.15) is 11.0 Å². The van der Waals surface area contributed by atoms with Gasteiger partial charge in [-0.15, -0.1) is 0 Å². The Hall–Kier alpha value is -1.33. The molecule has 0 aromatic carbocycles. The van der Waals surface area contributed by atoms with Gasteiger partial charge in [0.05, 0.1) is 6.20 Å². The topological polar surface area (TPSA) is 68.2 Å². The molecular formula is C14H20ClN5. The van der Waals surface area contributed by atoms with Crippen molar-refractivity contribution in [3.05, 3.63) is 23.0 Å². The van der Waals surface area contributed by atoms with Gasteiger partial charge in [0.15, 0.2) is 5.65 Å². The van der Waals surface area contributed by atoms with Crippen LogP contribution in [0, 0.1) is 0 Å². The van der Waals surface area contributed by atoms with Gasteiger partial charge in [-0.1, -0.05) is 18.5 Å². The largest absolute Gasteiger partial charge is 0.367 e. The van der Waals surface area contributed by atoms with Gasteiger partial charge in [-0.05, 0) is 32.1 Å². The Kier molecular flexibility index (Phi) is 3.81. The summed E-state index contributed by atoms with van der Waals surface area (Å²) in [5.74, 6) is 0.917. The number of fused-ring (bicyclic) bond motifs is 1. The predicted octanol–water partition coefficient (Wildman–Crippen LogP) is 2.63. The van der Waals surface area contributed by atoms with Gasteiger partial charge in [-0.2, -0.15) is 9.61 Å². The molecule has 20 heavy (non-hydrogen) atoms. The van der Waals surface area contributed by atoms with Crippen molar-refractivity contribution < 1.29 is 0 Å². The number of hydrogen-bond donors (Lipinski definition) is 2. The zero-order chi connectivity index (χ0) is 14.1. The molecule has 0 saturated heterocycles. The Morgan fingerprint density at radius 1 is 1.40 bits per heavy atom. The molecule has 2 heterocycles.